The van der Waals surface area contributed by atoms with Crippen LogP contribution in [0.5, 0.6) is 0 Å². The zero-order valence-electron chi connectivity index (χ0n) is 26.4. The largest absolute Gasteiger partial charge is 0.481 e. The monoisotopic (exact) mass is 581 g/mol. The minimum Gasteiger partial charge on any atom is -0.404 e. The van der Waals surface area contributed by atoms with E-state index >= 15 is 0 Å². The average molecular weight is 582 g/mol. The minimum absolute atomic E-state index is 0.0271. The van der Waals surface area contributed by atoms with E-state index in [1.165, 1.54) is 12.0 Å². The summed E-state index contributed by atoms with van der Waals surface area (Å²) >= 11 is 0. The Morgan fingerprint density at radius 2 is 1.83 bits per heavy atom. The lowest BCUT2D eigenvalue weighted by Crippen LogP contribution is -2.65. The van der Waals surface area contributed by atoms with Gasteiger partial charge >= 0.3 is 7.12 Å². The zero-order chi connectivity index (χ0) is 30.7. The Bertz CT molecular complexity index is 1110. The number of guanidine groups is 1. The molecule has 4 aliphatic rings. The maximum Gasteiger partial charge on any atom is 0.481 e. The normalized spacial score (nSPS) is 27.0. The van der Waals surface area contributed by atoms with Gasteiger partial charge < -0.3 is 31.0 Å². The maximum atomic E-state index is 13.8. The van der Waals surface area contributed by atoms with Gasteiger partial charge in [0.15, 0.2) is 5.96 Å². The van der Waals surface area contributed by atoms with Gasteiger partial charge in [-0.3, -0.25) is 15.0 Å². The van der Waals surface area contributed by atoms with Crippen LogP contribution in [0.3, 0.4) is 0 Å². The van der Waals surface area contributed by atoms with Crippen molar-refractivity contribution in [2.45, 2.75) is 117 Å². The third kappa shape index (κ3) is 7.13. The summed E-state index contributed by atoms with van der Waals surface area (Å²) in [4.78, 5) is 27.1. The van der Waals surface area contributed by atoms with Crippen molar-refractivity contribution in [3.8, 4) is 0 Å². The van der Waals surface area contributed by atoms with Gasteiger partial charge in [-0.15, -0.1) is 0 Å². The number of benzene rings is 1. The Labute approximate surface area is 252 Å². The van der Waals surface area contributed by atoms with E-state index in [4.69, 9.17) is 20.5 Å². The van der Waals surface area contributed by atoms with Crippen LogP contribution in [-0.4, -0.2) is 55.1 Å². The smallest absolute Gasteiger partial charge is 0.404 e. The lowest BCUT2D eigenvalue weighted by molar-refractivity contribution is -0.199. The van der Waals surface area contributed by atoms with Crippen molar-refractivity contribution in [2.24, 2.45) is 28.9 Å². The van der Waals surface area contributed by atoms with Gasteiger partial charge in [-0.1, -0.05) is 53.2 Å². The van der Waals surface area contributed by atoms with Gasteiger partial charge in [0.05, 0.1) is 17.6 Å². The Kier molecular flexibility index (Phi) is 10.3. The Morgan fingerprint density at radius 1 is 1.12 bits per heavy atom. The summed E-state index contributed by atoms with van der Waals surface area (Å²) in [5, 5.41) is 16.4. The van der Waals surface area contributed by atoms with Crippen molar-refractivity contribution >= 4 is 24.9 Å². The molecular weight excluding hydrogens is 529 g/mol. The summed E-state index contributed by atoms with van der Waals surface area (Å²) < 4.78 is 13.3. The molecule has 10 heteroatoms. The van der Waals surface area contributed by atoms with Gasteiger partial charge in [-0.05, 0) is 92.7 Å². The maximum absolute atomic E-state index is 13.8. The van der Waals surface area contributed by atoms with Crippen molar-refractivity contribution < 1.29 is 18.9 Å². The molecular formula is C32H52BN5O4. The van der Waals surface area contributed by atoms with Gasteiger partial charge in [-0.25, -0.2) is 0 Å². The van der Waals surface area contributed by atoms with E-state index in [1.54, 1.807) is 0 Å². The second kappa shape index (κ2) is 13.4. The highest BCUT2D eigenvalue weighted by Gasteiger charge is 2.68. The van der Waals surface area contributed by atoms with E-state index in [-0.39, 0.29) is 40.8 Å². The molecule has 3 saturated carbocycles. The molecule has 42 heavy (non-hydrogen) atoms. The summed E-state index contributed by atoms with van der Waals surface area (Å²) in [5.41, 5.74) is 7.03. The average Bonchev–Trinajstić information content (AvgIpc) is 3.30. The lowest BCUT2D eigenvalue weighted by atomic mass is 9.43. The number of carbonyl (C=O) groups is 2. The number of carbonyl (C=O) groups excluding carboxylic acids is 2. The molecule has 2 bridgehead atoms. The van der Waals surface area contributed by atoms with E-state index in [1.807, 2.05) is 24.3 Å². The summed E-state index contributed by atoms with van der Waals surface area (Å²) in [6.45, 7) is 13.7. The molecule has 6 N–H and O–H groups in total. The van der Waals surface area contributed by atoms with Crippen LogP contribution in [0.2, 0.25) is 0 Å². The first-order valence-electron chi connectivity index (χ1n) is 16.0. The van der Waals surface area contributed by atoms with Gasteiger partial charge in [-0.2, -0.15) is 0 Å². The minimum atomic E-state index is -0.758. The molecule has 1 saturated heterocycles. The van der Waals surface area contributed by atoms with Crippen molar-refractivity contribution in [3.05, 3.63) is 35.4 Å². The SMILES string of the molecule is CCCCc1ccc(C(=O)N[C@@H](CCCNC(=N)N)C(=O)N[C@@H](CC(C)C)B2O[C@@H]3C[C@@H]4C[C@@H](C4(C)C)[C@]3(C)O2)cc1. The molecule has 1 aliphatic heterocycles. The van der Waals surface area contributed by atoms with Crippen LogP contribution >= 0.6 is 0 Å². The highest BCUT2D eigenvalue weighted by molar-refractivity contribution is 6.48. The van der Waals surface area contributed by atoms with E-state index in [2.05, 4.69) is 57.5 Å². The Morgan fingerprint density at radius 3 is 2.45 bits per heavy atom. The first-order valence-corrected chi connectivity index (χ1v) is 16.0. The predicted octanol–water partition coefficient (Wildman–Crippen LogP) is 4.19. The first-order chi connectivity index (χ1) is 19.8. The van der Waals surface area contributed by atoms with Gasteiger partial charge in [0, 0.05) is 12.1 Å². The van der Waals surface area contributed by atoms with Crippen LogP contribution in [0.4, 0.5) is 0 Å². The Balaban J connectivity index is 1.45. The van der Waals surface area contributed by atoms with Crippen molar-refractivity contribution in [2.75, 3.05) is 6.54 Å². The van der Waals surface area contributed by atoms with Crippen molar-refractivity contribution in [3.63, 3.8) is 0 Å². The number of hydrogen-bond donors (Lipinski definition) is 5. The van der Waals surface area contributed by atoms with E-state index in [0.29, 0.717) is 49.1 Å². The predicted molar refractivity (Wildman–Crippen MR) is 167 cm³/mol. The molecule has 0 spiro atoms. The van der Waals surface area contributed by atoms with Gasteiger partial charge in [0.25, 0.3) is 5.91 Å². The zero-order valence-corrected chi connectivity index (χ0v) is 26.4. The number of unbranched alkanes of at least 4 members (excludes halogenated alkanes) is 1. The number of hydrogen-bond acceptors (Lipinski definition) is 5. The quantitative estimate of drug-likeness (QED) is 0.0967. The third-order valence-corrected chi connectivity index (χ3v) is 9.99. The van der Waals surface area contributed by atoms with Gasteiger partial charge in [0.2, 0.25) is 5.91 Å². The highest BCUT2D eigenvalue weighted by atomic mass is 16.7. The second-order valence-corrected chi connectivity index (χ2v) is 13.9. The topological polar surface area (TPSA) is 139 Å². The fourth-order valence-corrected chi connectivity index (χ4v) is 7.34. The molecule has 3 aliphatic carbocycles. The molecule has 6 atom stereocenters. The van der Waals surface area contributed by atoms with Gasteiger partial charge in [0.1, 0.15) is 6.04 Å². The van der Waals surface area contributed by atoms with Crippen LogP contribution in [0.25, 0.3) is 0 Å². The van der Waals surface area contributed by atoms with Crippen molar-refractivity contribution in [1.29, 1.82) is 5.41 Å². The Hall–Kier alpha value is -2.59. The third-order valence-electron chi connectivity index (χ3n) is 9.99. The highest BCUT2D eigenvalue weighted by Crippen LogP contribution is 2.65. The van der Waals surface area contributed by atoms with Crippen molar-refractivity contribution in [1.82, 2.24) is 16.0 Å². The van der Waals surface area contributed by atoms with E-state index in [9.17, 15) is 9.59 Å². The fraction of sp³-hybridized carbons (Fsp3) is 0.719. The molecule has 0 unspecified atom stereocenters. The van der Waals surface area contributed by atoms with Crippen LogP contribution in [-0.2, 0) is 20.5 Å². The molecule has 0 radical (unpaired) electrons. The molecule has 5 rings (SSSR count). The summed E-state index contributed by atoms with van der Waals surface area (Å²) in [5.74, 6) is 0.384. The summed E-state index contributed by atoms with van der Waals surface area (Å²) in [7, 11) is -0.534. The molecule has 232 valence electrons. The van der Waals surface area contributed by atoms with Crippen LogP contribution < -0.4 is 21.7 Å². The number of nitrogens with two attached hydrogens (primary N) is 1. The summed E-state index contributed by atoms with van der Waals surface area (Å²) in [6.07, 6.45) is 7.02. The first kappa shape index (κ1) is 32.3. The molecule has 1 heterocycles. The second-order valence-electron chi connectivity index (χ2n) is 13.9. The molecule has 4 fully saturated rings. The standard InChI is InChI=1S/C32H52BN5O4/c1-7-8-10-21-12-14-22(15-13-21)28(39)37-24(11-9-16-36-30(34)35)29(40)38-27(17-20(2)3)33-41-26-19-23-18-25(31(23,4)5)32(26,6)42-33/h12-15,20,23-27H,7-11,16-19H2,1-6H3,(H,37,39)(H,38,40)(H4,34,35,36)/t23-,24-,25-,26+,27-,32-/m0/s1. The molecule has 2 amide bonds. The van der Waals surface area contributed by atoms with Crippen LogP contribution in [0.1, 0.15) is 102 Å². The lowest BCUT2D eigenvalue weighted by Gasteiger charge is -2.64. The number of rotatable bonds is 14. The number of aryl methyl sites for hydroxylation is 1. The number of amides is 2. The van der Waals surface area contributed by atoms with E-state index in [0.717, 1.165) is 25.7 Å². The van der Waals surface area contributed by atoms with E-state index < -0.39 is 13.2 Å². The fourth-order valence-electron chi connectivity index (χ4n) is 7.34. The van der Waals surface area contributed by atoms with Crippen LogP contribution in [0, 0.1) is 28.6 Å². The molecule has 9 nitrogen and oxygen atoms in total. The summed E-state index contributed by atoms with van der Waals surface area (Å²) in [6, 6.07) is 6.85. The molecule has 1 aromatic carbocycles. The molecule has 1 aromatic rings. The molecule has 0 aromatic heterocycles. The number of nitrogens with one attached hydrogen (secondary N) is 4. The van der Waals surface area contributed by atoms with Crippen LogP contribution in [0.15, 0.2) is 24.3 Å².